The van der Waals surface area contributed by atoms with Crippen LogP contribution < -0.4 is 5.32 Å². The lowest BCUT2D eigenvalue weighted by Gasteiger charge is -2.19. The number of nitrogens with one attached hydrogen (secondary N) is 1. The lowest BCUT2D eigenvalue weighted by atomic mass is 9.99. The van der Waals surface area contributed by atoms with Crippen LogP contribution in [0.15, 0.2) is 48.5 Å². The first-order chi connectivity index (χ1) is 9.69. The van der Waals surface area contributed by atoms with Crippen LogP contribution in [0.4, 0.5) is 4.39 Å². The van der Waals surface area contributed by atoms with Crippen LogP contribution in [0.5, 0.6) is 0 Å². The van der Waals surface area contributed by atoms with Crippen molar-refractivity contribution in [3.05, 3.63) is 69.0 Å². The summed E-state index contributed by atoms with van der Waals surface area (Å²) < 4.78 is 14.2. The molecule has 0 heterocycles. The van der Waals surface area contributed by atoms with Gasteiger partial charge in [-0.25, -0.2) is 4.39 Å². The zero-order valence-corrected chi connectivity index (χ0v) is 13.7. The molecule has 0 spiro atoms. The van der Waals surface area contributed by atoms with Crippen LogP contribution in [0.25, 0.3) is 0 Å². The van der Waals surface area contributed by atoms with Crippen LogP contribution in [0.2, 0.25) is 0 Å². The third-order valence-corrected chi connectivity index (χ3v) is 3.92. The van der Waals surface area contributed by atoms with E-state index in [0.29, 0.717) is 0 Å². The zero-order chi connectivity index (χ0) is 14.4. The SMILES string of the molecule is CCCNC(Cc1ccc(F)cc1)c1cccc(I)c1. The quantitative estimate of drug-likeness (QED) is 0.713. The van der Waals surface area contributed by atoms with E-state index in [0.717, 1.165) is 24.9 Å². The minimum atomic E-state index is -0.180. The lowest BCUT2D eigenvalue weighted by molar-refractivity contribution is 0.528. The lowest BCUT2D eigenvalue weighted by Crippen LogP contribution is -2.24. The molecule has 0 aliphatic heterocycles. The highest BCUT2D eigenvalue weighted by Gasteiger charge is 2.11. The first-order valence-corrected chi connectivity index (χ1v) is 8.00. The Morgan fingerprint density at radius 3 is 2.55 bits per heavy atom. The van der Waals surface area contributed by atoms with Gasteiger partial charge in [0.25, 0.3) is 0 Å². The van der Waals surface area contributed by atoms with E-state index in [1.807, 2.05) is 12.1 Å². The van der Waals surface area contributed by atoms with E-state index in [-0.39, 0.29) is 11.9 Å². The van der Waals surface area contributed by atoms with Crippen molar-refractivity contribution in [2.45, 2.75) is 25.8 Å². The van der Waals surface area contributed by atoms with E-state index in [2.05, 4.69) is 59.1 Å². The minimum absolute atomic E-state index is 0.180. The van der Waals surface area contributed by atoms with Gasteiger partial charge in [0.2, 0.25) is 0 Å². The number of hydrogen-bond acceptors (Lipinski definition) is 1. The summed E-state index contributed by atoms with van der Waals surface area (Å²) in [6.45, 7) is 3.15. The van der Waals surface area contributed by atoms with Crippen molar-refractivity contribution in [3.63, 3.8) is 0 Å². The van der Waals surface area contributed by atoms with E-state index in [9.17, 15) is 4.39 Å². The second kappa shape index (κ2) is 7.74. The Hall–Kier alpha value is -0.940. The Kier molecular flexibility index (Phi) is 5.98. The summed E-state index contributed by atoms with van der Waals surface area (Å²) in [7, 11) is 0. The maximum Gasteiger partial charge on any atom is 0.123 e. The molecule has 1 unspecified atom stereocenters. The van der Waals surface area contributed by atoms with Crippen molar-refractivity contribution in [1.29, 1.82) is 0 Å². The predicted octanol–water partition coefficient (Wildman–Crippen LogP) is 4.71. The molecule has 0 aliphatic carbocycles. The highest BCUT2D eigenvalue weighted by molar-refractivity contribution is 14.1. The normalized spacial score (nSPS) is 12.3. The van der Waals surface area contributed by atoms with Gasteiger partial charge in [-0.1, -0.05) is 31.2 Å². The van der Waals surface area contributed by atoms with Crippen molar-refractivity contribution >= 4 is 22.6 Å². The molecule has 0 radical (unpaired) electrons. The number of rotatable bonds is 6. The second-order valence-electron chi connectivity index (χ2n) is 4.89. The van der Waals surface area contributed by atoms with Crippen LogP contribution in [-0.2, 0) is 6.42 Å². The van der Waals surface area contributed by atoms with Crippen LogP contribution in [0.3, 0.4) is 0 Å². The summed E-state index contributed by atoms with van der Waals surface area (Å²) in [5.74, 6) is -0.180. The zero-order valence-electron chi connectivity index (χ0n) is 11.6. The smallest absolute Gasteiger partial charge is 0.123 e. The molecule has 106 valence electrons. The standard InChI is InChI=1S/C17H19FIN/c1-2-10-20-17(14-4-3-5-16(19)12-14)11-13-6-8-15(18)9-7-13/h3-9,12,17,20H,2,10-11H2,1H3. The van der Waals surface area contributed by atoms with Crippen molar-refractivity contribution in [3.8, 4) is 0 Å². The van der Waals surface area contributed by atoms with Gasteiger partial charge in [-0.05, 0) is 77.4 Å². The van der Waals surface area contributed by atoms with Crippen molar-refractivity contribution in [2.24, 2.45) is 0 Å². The van der Waals surface area contributed by atoms with Gasteiger partial charge in [0.05, 0.1) is 0 Å². The minimum Gasteiger partial charge on any atom is -0.310 e. The monoisotopic (exact) mass is 383 g/mol. The molecule has 2 rings (SSSR count). The van der Waals surface area contributed by atoms with Gasteiger partial charge in [0.15, 0.2) is 0 Å². The average molecular weight is 383 g/mol. The van der Waals surface area contributed by atoms with Gasteiger partial charge >= 0.3 is 0 Å². The maximum atomic E-state index is 13.0. The van der Waals surface area contributed by atoms with Gasteiger partial charge < -0.3 is 5.32 Å². The molecule has 1 N–H and O–H groups in total. The first kappa shape index (κ1) is 15.4. The van der Waals surface area contributed by atoms with Crippen LogP contribution in [0, 0.1) is 9.39 Å². The molecule has 0 saturated heterocycles. The Morgan fingerprint density at radius 1 is 1.15 bits per heavy atom. The van der Waals surface area contributed by atoms with Crippen LogP contribution in [0.1, 0.15) is 30.5 Å². The van der Waals surface area contributed by atoms with Gasteiger partial charge in [-0.3, -0.25) is 0 Å². The fraction of sp³-hybridized carbons (Fsp3) is 0.294. The van der Waals surface area contributed by atoms with Crippen LogP contribution in [-0.4, -0.2) is 6.54 Å². The van der Waals surface area contributed by atoms with E-state index >= 15 is 0 Å². The molecule has 1 nitrogen and oxygen atoms in total. The Balaban J connectivity index is 2.16. The van der Waals surface area contributed by atoms with Gasteiger partial charge in [0, 0.05) is 9.61 Å². The molecule has 0 aliphatic rings. The highest BCUT2D eigenvalue weighted by atomic mass is 127. The van der Waals surface area contributed by atoms with Gasteiger partial charge in [0.1, 0.15) is 5.82 Å². The highest BCUT2D eigenvalue weighted by Crippen LogP contribution is 2.20. The topological polar surface area (TPSA) is 12.0 Å². The molecule has 2 aromatic rings. The van der Waals surface area contributed by atoms with Crippen LogP contribution >= 0.6 is 22.6 Å². The molecule has 20 heavy (non-hydrogen) atoms. The van der Waals surface area contributed by atoms with E-state index in [1.54, 1.807) is 0 Å². The molecular formula is C17H19FIN. The van der Waals surface area contributed by atoms with Crippen molar-refractivity contribution < 1.29 is 4.39 Å². The number of halogens is 2. The Bertz CT molecular complexity index is 539. The average Bonchev–Trinajstić information content (AvgIpc) is 2.45. The molecule has 3 heteroatoms. The largest absolute Gasteiger partial charge is 0.310 e. The summed E-state index contributed by atoms with van der Waals surface area (Å²) in [6.07, 6.45) is 1.98. The molecule has 0 saturated carbocycles. The Morgan fingerprint density at radius 2 is 1.90 bits per heavy atom. The van der Waals surface area contributed by atoms with E-state index in [4.69, 9.17) is 0 Å². The summed E-state index contributed by atoms with van der Waals surface area (Å²) in [5.41, 5.74) is 2.44. The first-order valence-electron chi connectivity index (χ1n) is 6.92. The maximum absolute atomic E-state index is 13.0. The van der Waals surface area contributed by atoms with E-state index in [1.165, 1.54) is 21.3 Å². The summed E-state index contributed by atoms with van der Waals surface area (Å²) in [4.78, 5) is 0. The number of hydrogen-bond donors (Lipinski definition) is 1. The molecule has 2 aromatic carbocycles. The third kappa shape index (κ3) is 4.56. The molecule has 0 bridgehead atoms. The molecule has 1 atom stereocenters. The Labute approximate surface area is 133 Å². The van der Waals surface area contributed by atoms with Gasteiger partial charge in [-0.15, -0.1) is 0 Å². The summed E-state index contributed by atoms with van der Waals surface area (Å²) in [6, 6.07) is 15.6. The fourth-order valence-corrected chi connectivity index (χ4v) is 2.77. The molecular weight excluding hydrogens is 364 g/mol. The molecule has 0 fully saturated rings. The summed E-state index contributed by atoms with van der Waals surface area (Å²) in [5, 5.41) is 3.58. The van der Waals surface area contributed by atoms with E-state index < -0.39 is 0 Å². The molecule has 0 aromatic heterocycles. The fourth-order valence-electron chi connectivity index (χ4n) is 2.21. The predicted molar refractivity (Wildman–Crippen MR) is 90.3 cm³/mol. The molecule has 0 amide bonds. The summed E-state index contributed by atoms with van der Waals surface area (Å²) >= 11 is 2.33. The van der Waals surface area contributed by atoms with Gasteiger partial charge in [-0.2, -0.15) is 0 Å². The van der Waals surface area contributed by atoms with Crippen molar-refractivity contribution in [1.82, 2.24) is 5.32 Å². The van der Waals surface area contributed by atoms with Crippen molar-refractivity contribution in [2.75, 3.05) is 6.54 Å². The third-order valence-electron chi connectivity index (χ3n) is 3.24. The second-order valence-corrected chi connectivity index (χ2v) is 6.14. The number of benzene rings is 2.